The molecular weight excluding hydrogens is 276 g/mol. The van der Waals surface area contributed by atoms with Gasteiger partial charge in [0.15, 0.2) is 0 Å². The minimum Gasteiger partial charge on any atom is -0.322 e. The first kappa shape index (κ1) is 14.3. The molecule has 0 saturated heterocycles. The third-order valence-corrected chi connectivity index (χ3v) is 3.16. The van der Waals surface area contributed by atoms with Crippen molar-refractivity contribution in [3.05, 3.63) is 52.2 Å². The van der Waals surface area contributed by atoms with Crippen LogP contribution in [0.2, 0.25) is 5.15 Å². The highest BCUT2D eigenvalue weighted by Gasteiger charge is 2.10. The van der Waals surface area contributed by atoms with E-state index in [0.717, 1.165) is 11.3 Å². The Bertz CT molecular complexity index is 658. The molecule has 0 unspecified atom stereocenters. The van der Waals surface area contributed by atoms with E-state index in [2.05, 4.69) is 15.7 Å². The van der Waals surface area contributed by atoms with Gasteiger partial charge in [-0.25, -0.2) is 10.8 Å². The van der Waals surface area contributed by atoms with Crippen LogP contribution in [0.25, 0.3) is 0 Å². The number of aromatic nitrogens is 1. The Hall–Kier alpha value is -2.11. The van der Waals surface area contributed by atoms with Gasteiger partial charge in [-0.05, 0) is 49.2 Å². The van der Waals surface area contributed by atoms with Gasteiger partial charge in [0.2, 0.25) is 0 Å². The number of nitrogen functional groups attached to an aromatic ring is 1. The molecule has 0 fully saturated rings. The molecule has 1 aromatic carbocycles. The van der Waals surface area contributed by atoms with Gasteiger partial charge in [0.1, 0.15) is 11.0 Å². The SMILES string of the molecule is Cc1ccc(NC(=O)c2cc(Cl)nc(NN)c2)cc1C. The van der Waals surface area contributed by atoms with Gasteiger partial charge < -0.3 is 10.7 Å². The van der Waals surface area contributed by atoms with Crippen LogP contribution in [0.5, 0.6) is 0 Å². The van der Waals surface area contributed by atoms with Gasteiger partial charge in [0, 0.05) is 11.3 Å². The summed E-state index contributed by atoms with van der Waals surface area (Å²) in [7, 11) is 0. The number of nitrogens with one attached hydrogen (secondary N) is 2. The Labute approximate surface area is 122 Å². The van der Waals surface area contributed by atoms with Crippen molar-refractivity contribution in [2.75, 3.05) is 10.7 Å². The fourth-order valence-electron chi connectivity index (χ4n) is 1.72. The molecule has 1 heterocycles. The second-order valence-electron chi connectivity index (χ2n) is 4.46. The van der Waals surface area contributed by atoms with Crippen molar-refractivity contribution in [1.29, 1.82) is 0 Å². The standard InChI is InChI=1S/C14H15ClN4O/c1-8-3-4-11(5-9(8)2)17-14(20)10-6-12(15)18-13(7-10)19-16/h3-7H,16H2,1-2H3,(H,17,20)(H,18,19). The predicted molar refractivity (Wildman–Crippen MR) is 80.9 cm³/mol. The first-order valence-electron chi connectivity index (χ1n) is 6.02. The second-order valence-corrected chi connectivity index (χ2v) is 4.85. The third-order valence-electron chi connectivity index (χ3n) is 2.97. The number of pyridine rings is 1. The quantitative estimate of drug-likeness (QED) is 0.461. The van der Waals surface area contributed by atoms with Crippen LogP contribution >= 0.6 is 11.6 Å². The van der Waals surface area contributed by atoms with Crippen molar-refractivity contribution < 1.29 is 4.79 Å². The molecule has 4 N–H and O–H groups in total. The maximum atomic E-state index is 12.2. The Morgan fingerprint density at radius 2 is 1.95 bits per heavy atom. The topological polar surface area (TPSA) is 80.0 Å². The smallest absolute Gasteiger partial charge is 0.255 e. The lowest BCUT2D eigenvalue weighted by Crippen LogP contribution is -2.14. The van der Waals surface area contributed by atoms with Crippen molar-refractivity contribution in [3.63, 3.8) is 0 Å². The summed E-state index contributed by atoms with van der Waals surface area (Å²) in [5, 5.41) is 3.01. The summed E-state index contributed by atoms with van der Waals surface area (Å²) in [5.74, 6) is 5.34. The Balaban J connectivity index is 2.23. The molecule has 0 saturated carbocycles. The van der Waals surface area contributed by atoms with Crippen LogP contribution < -0.4 is 16.6 Å². The highest BCUT2D eigenvalue weighted by Crippen LogP contribution is 2.18. The number of halogens is 1. The number of aryl methyl sites for hydroxylation is 2. The van der Waals surface area contributed by atoms with Gasteiger partial charge >= 0.3 is 0 Å². The fourth-order valence-corrected chi connectivity index (χ4v) is 1.93. The number of carbonyl (C=O) groups excluding carboxylic acids is 1. The van der Waals surface area contributed by atoms with Crippen LogP contribution in [-0.2, 0) is 0 Å². The molecule has 6 heteroatoms. The number of hydrogen-bond acceptors (Lipinski definition) is 4. The van der Waals surface area contributed by atoms with Crippen molar-refractivity contribution >= 4 is 29.0 Å². The van der Waals surface area contributed by atoms with E-state index in [1.807, 2.05) is 32.0 Å². The summed E-state index contributed by atoms with van der Waals surface area (Å²) in [6.07, 6.45) is 0. The minimum atomic E-state index is -0.269. The summed E-state index contributed by atoms with van der Waals surface area (Å²) in [6, 6.07) is 8.74. The minimum absolute atomic E-state index is 0.200. The van der Waals surface area contributed by atoms with E-state index in [9.17, 15) is 4.79 Å². The van der Waals surface area contributed by atoms with Crippen LogP contribution in [0.15, 0.2) is 30.3 Å². The predicted octanol–water partition coefficient (Wildman–Crippen LogP) is 2.89. The van der Waals surface area contributed by atoms with Crippen LogP contribution in [0.4, 0.5) is 11.5 Å². The summed E-state index contributed by atoms with van der Waals surface area (Å²) < 4.78 is 0. The maximum Gasteiger partial charge on any atom is 0.255 e. The first-order chi connectivity index (χ1) is 9.49. The highest BCUT2D eigenvalue weighted by molar-refractivity contribution is 6.30. The third kappa shape index (κ3) is 3.26. The van der Waals surface area contributed by atoms with Crippen molar-refractivity contribution in [2.45, 2.75) is 13.8 Å². The largest absolute Gasteiger partial charge is 0.322 e. The lowest BCUT2D eigenvalue weighted by molar-refractivity contribution is 0.102. The molecule has 1 amide bonds. The van der Waals surface area contributed by atoms with Crippen LogP contribution in [0.3, 0.4) is 0 Å². The molecule has 0 spiro atoms. The van der Waals surface area contributed by atoms with Gasteiger partial charge in [-0.2, -0.15) is 0 Å². The lowest BCUT2D eigenvalue weighted by atomic mass is 10.1. The van der Waals surface area contributed by atoms with Gasteiger partial charge in [-0.1, -0.05) is 17.7 Å². The van der Waals surface area contributed by atoms with E-state index in [1.165, 1.54) is 17.7 Å². The maximum absolute atomic E-state index is 12.2. The number of anilines is 2. The Kier molecular flexibility index (Phi) is 4.22. The first-order valence-corrected chi connectivity index (χ1v) is 6.40. The normalized spacial score (nSPS) is 10.2. The summed E-state index contributed by atoms with van der Waals surface area (Å²) in [6.45, 7) is 4.01. The summed E-state index contributed by atoms with van der Waals surface area (Å²) in [4.78, 5) is 16.1. The van der Waals surface area contributed by atoms with Crippen LogP contribution in [0, 0.1) is 13.8 Å². The van der Waals surface area contributed by atoms with Gasteiger partial charge in [0.25, 0.3) is 5.91 Å². The van der Waals surface area contributed by atoms with Crippen molar-refractivity contribution in [1.82, 2.24) is 4.98 Å². The molecule has 0 aliphatic carbocycles. The molecule has 0 radical (unpaired) electrons. The molecule has 0 aliphatic rings. The molecule has 20 heavy (non-hydrogen) atoms. The average Bonchev–Trinajstić information content (AvgIpc) is 2.42. The number of amides is 1. The zero-order valence-corrected chi connectivity index (χ0v) is 12.0. The molecule has 0 aliphatic heterocycles. The number of hydrazine groups is 1. The van der Waals surface area contributed by atoms with E-state index >= 15 is 0 Å². The van der Waals surface area contributed by atoms with E-state index in [1.54, 1.807) is 0 Å². The zero-order chi connectivity index (χ0) is 14.7. The lowest BCUT2D eigenvalue weighted by Gasteiger charge is -2.09. The Morgan fingerprint density at radius 3 is 2.60 bits per heavy atom. The highest BCUT2D eigenvalue weighted by atomic mass is 35.5. The molecule has 0 bridgehead atoms. The average molecular weight is 291 g/mol. The van der Waals surface area contributed by atoms with E-state index < -0.39 is 0 Å². The zero-order valence-electron chi connectivity index (χ0n) is 11.2. The monoisotopic (exact) mass is 290 g/mol. The molecule has 0 atom stereocenters. The van der Waals surface area contributed by atoms with Crippen molar-refractivity contribution in [2.24, 2.45) is 5.84 Å². The van der Waals surface area contributed by atoms with Gasteiger partial charge in [-0.3, -0.25) is 4.79 Å². The van der Waals surface area contributed by atoms with E-state index in [4.69, 9.17) is 17.4 Å². The number of nitrogens with zero attached hydrogens (tertiary/aromatic N) is 1. The fraction of sp³-hybridized carbons (Fsp3) is 0.143. The van der Waals surface area contributed by atoms with E-state index in [0.29, 0.717) is 11.4 Å². The van der Waals surface area contributed by atoms with Gasteiger partial charge in [-0.15, -0.1) is 0 Å². The molecule has 2 rings (SSSR count). The number of nitrogens with two attached hydrogens (primary N) is 1. The number of rotatable bonds is 3. The molecule has 104 valence electrons. The van der Waals surface area contributed by atoms with Crippen LogP contribution in [0.1, 0.15) is 21.5 Å². The summed E-state index contributed by atoms with van der Waals surface area (Å²) in [5.41, 5.74) is 5.77. The van der Waals surface area contributed by atoms with E-state index in [-0.39, 0.29) is 11.1 Å². The number of carbonyl (C=O) groups is 1. The number of hydrogen-bond donors (Lipinski definition) is 3. The summed E-state index contributed by atoms with van der Waals surface area (Å²) >= 11 is 5.84. The molecule has 5 nitrogen and oxygen atoms in total. The molecule has 2 aromatic rings. The van der Waals surface area contributed by atoms with Gasteiger partial charge in [0.05, 0.1) is 0 Å². The van der Waals surface area contributed by atoms with Crippen molar-refractivity contribution in [3.8, 4) is 0 Å². The van der Waals surface area contributed by atoms with Crippen LogP contribution in [-0.4, -0.2) is 10.9 Å². The molecular formula is C14H15ClN4O. The Morgan fingerprint density at radius 1 is 1.20 bits per heavy atom. The molecule has 1 aromatic heterocycles. The number of benzene rings is 1. The second kappa shape index (κ2) is 5.90.